The van der Waals surface area contributed by atoms with Gasteiger partial charge in [-0.3, -0.25) is 9.59 Å². The van der Waals surface area contributed by atoms with Gasteiger partial charge < -0.3 is 10.2 Å². The van der Waals surface area contributed by atoms with Crippen LogP contribution < -0.4 is 5.32 Å². The van der Waals surface area contributed by atoms with Crippen molar-refractivity contribution in [2.45, 2.75) is 77.7 Å². The Bertz CT molecular complexity index is 719. The van der Waals surface area contributed by atoms with Crippen molar-refractivity contribution in [1.82, 2.24) is 5.32 Å². The second-order valence-electron chi connectivity index (χ2n) is 10.6. The second-order valence-corrected chi connectivity index (χ2v) is 10.6. The van der Waals surface area contributed by atoms with Crippen LogP contribution in [0.2, 0.25) is 0 Å². The zero-order valence-corrected chi connectivity index (χ0v) is 18.6. The van der Waals surface area contributed by atoms with Gasteiger partial charge >= 0.3 is 0 Å². The highest BCUT2D eigenvalue weighted by Gasteiger charge is 2.62. The fraction of sp³-hybridized carbons (Fsp3) is 0.870. The average molecular weight is 423 g/mol. The van der Waals surface area contributed by atoms with Crippen LogP contribution in [0.25, 0.3) is 0 Å². The fourth-order valence-electron chi connectivity index (χ4n) is 7.57. The van der Waals surface area contributed by atoms with E-state index in [0.29, 0.717) is 35.7 Å². The monoisotopic (exact) mass is 422 g/mol. The minimum atomic E-state index is -0.158. The summed E-state index contributed by atoms with van der Waals surface area (Å²) in [7, 11) is 0. The molecule has 1 aliphatic heterocycles. The van der Waals surface area contributed by atoms with Crippen molar-refractivity contribution in [3.05, 3.63) is 0 Å². The molecule has 4 aliphatic carbocycles. The molecule has 0 aromatic heterocycles. The number of carbonyl (C=O) groups excluding carboxylic acids is 2. The van der Waals surface area contributed by atoms with Crippen LogP contribution in [0, 0.1) is 34.5 Å². The third kappa shape index (κ3) is 3.27. The molecule has 5 fully saturated rings. The summed E-state index contributed by atoms with van der Waals surface area (Å²) in [6.07, 6.45) is 8.50. The molecular formula is C23H35ClN2O3. The normalized spacial score (nSPS) is 47.9. The molecule has 4 saturated carbocycles. The number of nitrogens with one attached hydrogen (secondary N) is 1. The molecule has 6 heteroatoms. The van der Waals surface area contributed by atoms with Crippen LogP contribution in [-0.2, 0) is 14.4 Å². The van der Waals surface area contributed by atoms with Crippen molar-refractivity contribution in [2.24, 2.45) is 39.7 Å². The van der Waals surface area contributed by atoms with Crippen molar-refractivity contribution >= 4 is 29.7 Å². The summed E-state index contributed by atoms with van der Waals surface area (Å²) in [6, 6.07) is 0. The van der Waals surface area contributed by atoms with E-state index in [9.17, 15) is 9.59 Å². The van der Waals surface area contributed by atoms with E-state index < -0.39 is 0 Å². The van der Waals surface area contributed by atoms with Crippen LogP contribution in [-0.4, -0.2) is 36.5 Å². The molecule has 5 rings (SSSR count). The fourth-order valence-corrected chi connectivity index (χ4v) is 7.57. The Morgan fingerprint density at radius 1 is 1.03 bits per heavy atom. The van der Waals surface area contributed by atoms with Gasteiger partial charge in [0.15, 0.2) is 0 Å². The van der Waals surface area contributed by atoms with Gasteiger partial charge in [-0.15, -0.1) is 12.4 Å². The van der Waals surface area contributed by atoms with Gasteiger partial charge in [-0.2, -0.15) is 0 Å². The Balaban J connectivity index is 0.00000205. The lowest BCUT2D eigenvalue weighted by atomic mass is 9.45. The van der Waals surface area contributed by atoms with E-state index in [0.717, 1.165) is 70.2 Å². The number of rotatable bonds is 2. The number of carbonyl (C=O) groups is 2. The van der Waals surface area contributed by atoms with Gasteiger partial charge in [0.25, 0.3) is 0 Å². The van der Waals surface area contributed by atoms with E-state index in [1.165, 1.54) is 0 Å². The lowest BCUT2D eigenvalue weighted by molar-refractivity contribution is -0.152. The molecule has 0 aromatic carbocycles. The molecule has 0 amide bonds. The molecule has 0 radical (unpaired) electrons. The zero-order valence-electron chi connectivity index (χ0n) is 17.7. The van der Waals surface area contributed by atoms with E-state index >= 15 is 0 Å². The number of hydrogen-bond acceptors (Lipinski definition) is 5. The number of halogens is 1. The van der Waals surface area contributed by atoms with Gasteiger partial charge in [0, 0.05) is 37.1 Å². The maximum Gasteiger partial charge on any atom is 0.141 e. The smallest absolute Gasteiger partial charge is 0.141 e. The summed E-state index contributed by atoms with van der Waals surface area (Å²) in [4.78, 5) is 31.6. The zero-order chi connectivity index (χ0) is 19.5. The summed E-state index contributed by atoms with van der Waals surface area (Å²) >= 11 is 0. The molecule has 7 atom stereocenters. The van der Waals surface area contributed by atoms with Gasteiger partial charge in [0.2, 0.25) is 0 Å². The number of Topliss-reactive ketones (excluding diaryl/α,β-unsaturated/α-hetero) is 2. The quantitative estimate of drug-likeness (QED) is 0.684. The van der Waals surface area contributed by atoms with Crippen molar-refractivity contribution in [3.63, 3.8) is 0 Å². The molecule has 29 heavy (non-hydrogen) atoms. The van der Waals surface area contributed by atoms with Gasteiger partial charge in [-0.05, 0) is 68.2 Å². The van der Waals surface area contributed by atoms with Crippen molar-refractivity contribution in [3.8, 4) is 0 Å². The highest BCUT2D eigenvalue weighted by atomic mass is 35.5. The molecule has 1 unspecified atom stereocenters. The lowest BCUT2D eigenvalue weighted by Crippen LogP contribution is -2.56. The first-order valence-electron chi connectivity index (χ1n) is 11.4. The van der Waals surface area contributed by atoms with Crippen LogP contribution in [0.15, 0.2) is 5.16 Å². The molecule has 0 aromatic rings. The molecule has 5 nitrogen and oxygen atoms in total. The van der Waals surface area contributed by atoms with Crippen molar-refractivity contribution in [2.75, 3.05) is 13.1 Å². The second kappa shape index (κ2) is 7.64. The third-order valence-corrected chi connectivity index (χ3v) is 9.35. The first kappa shape index (κ1) is 21.3. The number of fused-ring (bicyclic) bond motifs is 5. The Morgan fingerprint density at radius 2 is 1.86 bits per heavy atom. The molecular weight excluding hydrogens is 388 g/mol. The largest absolute Gasteiger partial charge is 0.391 e. The van der Waals surface area contributed by atoms with E-state index in [1.807, 2.05) is 0 Å². The molecule has 0 spiro atoms. The summed E-state index contributed by atoms with van der Waals surface area (Å²) in [5.41, 5.74) is 0.994. The third-order valence-electron chi connectivity index (χ3n) is 9.35. The molecule has 162 valence electrons. The first-order valence-corrected chi connectivity index (χ1v) is 11.4. The molecule has 1 saturated heterocycles. The van der Waals surface area contributed by atoms with Crippen molar-refractivity contribution in [1.29, 1.82) is 0 Å². The molecule has 1 N–H and O–H groups in total. The van der Waals surface area contributed by atoms with Crippen LogP contribution in [0.3, 0.4) is 0 Å². The van der Waals surface area contributed by atoms with E-state index in [-0.39, 0.29) is 35.3 Å². The van der Waals surface area contributed by atoms with Gasteiger partial charge in [-0.1, -0.05) is 19.0 Å². The van der Waals surface area contributed by atoms with Crippen LogP contribution >= 0.6 is 12.4 Å². The maximum absolute atomic E-state index is 13.3. The van der Waals surface area contributed by atoms with E-state index in [4.69, 9.17) is 4.84 Å². The number of hydrogen-bond donors (Lipinski definition) is 1. The average Bonchev–Trinajstić information content (AvgIpc) is 3.29. The van der Waals surface area contributed by atoms with Gasteiger partial charge in [-0.25, -0.2) is 0 Å². The SMILES string of the molecule is C[C@]12CC/C(=N\O[C@@H]3CCNC3)CC1C(=O)C[C@@H]1[C@@H]2CC[C@]2(C)C(=O)CC[C@@H]12.Cl. The molecule has 5 aliphatic rings. The topological polar surface area (TPSA) is 67.8 Å². The molecule has 1 heterocycles. The Labute approximate surface area is 180 Å². The highest BCUT2D eigenvalue weighted by molar-refractivity contribution is 5.93. The predicted octanol–water partition coefficient (Wildman–Crippen LogP) is 3.93. The Kier molecular flexibility index (Phi) is 5.61. The number of nitrogens with zero attached hydrogens (tertiary/aromatic N) is 1. The predicted molar refractivity (Wildman–Crippen MR) is 114 cm³/mol. The Hall–Kier alpha value is -0.940. The number of ketones is 2. The van der Waals surface area contributed by atoms with Crippen molar-refractivity contribution < 1.29 is 14.4 Å². The van der Waals surface area contributed by atoms with Gasteiger partial charge in [0.05, 0.1) is 5.71 Å². The van der Waals surface area contributed by atoms with Gasteiger partial charge in [0.1, 0.15) is 17.7 Å². The van der Waals surface area contributed by atoms with Crippen LogP contribution in [0.4, 0.5) is 0 Å². The van der Waals surface area contributed by atoms with E-state index in [1.54, 1.807) is 0 Å². The number of oxime groups is 1. The summed E-state index contributed by atoms with van der Waals surface area (Å²) < 4.78 is 0. The van der Waals surface area contributed by atoms with Crippen LogP contribution in [0.5, 0.6) is 0 Å². The Morgan fingerprint density at radius 3 is 2.62 bits per heavy atom. The van der Waals surface area contributed by atoms with E-state index in [2.05, 4.69) is 24.3 Å². The summed E-state index contributed by atoms with van der Waals surface area (Å²) in [5, 5.41) is 7.78. The first-order chi connectivity index (χ1) is 13.4. The maximum atomic E-state index is 13.3. The highest BCUT2D eigenvalue weighted by Crippen LogP contribution is 2.64. The standard InChI is InChI=1S/C23H34N2O3.ClH/c1-22-8-5-14(25-28-15-7-10-24-13-15)11-19(22)20(26)12-16-17-3-4-21(27)23(17,2)9-6-18(16)22;/h15-19,24H,3-13H2,1-2H3;1H/b25-14+;/t15-,16+,17+,18+,19?,22-,23+;/m1./s1. The minimum Gasteiger partial charge on any atom is -0.391 e. The summed E-state index contributed by atoms with van der Waals surface area (Å²) in [5.74, 6) is 2.38. The minimum absolute atomic E-state index is 0. The van der Waals surface area contributed by atoms with Crippen LogP contribution in [0.1, 0.15) is 71.6 Å². The molecule has 0 bridgehead atoms. The lowest BCUT2D eigenvalue weighted by Gasteiger charge is -2.58. The summed E-state index contributed by atoms with van der Waals surface area (Å²) in [6.45, 7) is 6.42.